The summed E-state index contributed by atoms with van der Waals surface area (Å²) in [6.07, 6.45) is 1.56. The van der Waals surface area contributed by atoms with E-state index in [0.717, 1.165) is 21.9 Å². The summed E-state index contributed by atoms with van der Waals surface area (Å²) in [4.78, 5) is 4.88. The van der Waals surface area contributed by atoms with Crippen LogP contribution in [-0.2, 0) is 5.41 Å². The van der Waals surface area contributed by atoms with E-state index in [4.69, 9.17) is 39.1 Å². The number of benzene rings is 11. The molecule has 11 aromatic carbocycles. The second kappa shape index (κ2) is 21.8. The molecular weight excluding hydrogens is 989 g/mol. The van der Waals surface area contributed by atoms with Gasteiger partial charge in [-0.3, -0.25) is 4.57 Å². The molecule has 390 valence electrons. The minimum atomic E-state index is -0.607. The first-order valence-electron chi connectivity index (χ1n) is 35.9. The fourth-order valence-electron chi connectivity index (χ4n) is 9.81. The molecule has 2 N–H and O–H groups in total. The Morgan fingerprint density at radius 2 is 0.938 bits per heavy atom. The molecule has 0 aliphatic carbocycles. The monoisotopic (exact) mass is 1070 g/mol. The maximum absolute atomic E-state index is 9.17. The van der Waals surface area contributed by atoms with Crippen LogP contribution in [0.2, 0.25) is 0 Å². The van der Waals surface area contributed by atoms with E-state index >= 15 is 0 Å². The summed E-state index contributed by atoms with van der Waals surface area (Å²) < 4.78 is 190. The quantitative estimate of drug-likeness (QED) is 0.114. The first-order chi connectivity index (χ1) is 48.0. The number of para-hydroxylation sites is 5. The Morgan fingerprint density at radius 3 is 1.60 bits per heavy atom. The van der Waals surface area contributed by atoms with Gasteiger partial charge in [0.15, 0.2) is 0 Å². The average molecular weight is 1070 g/mol. The second-order valence-corrected chi connectivity index (χ2v) is 19.9. The van der Waals surface area contributed by atoms with Gasteiger partial charge in [-0.1, -0.05) is 227 Å². The van der Waals surface area contributed by atoms with Crippen LogP contribution in [0.3, 0.4) is 0 Å². The Morgan fingerprint density at radius 1 is 0.407 bits per heavy atom. The molecule has 0 amide bonds. The summed E-state index contributed by atoms with van der Waals surface area (Å²) in [5.74, 6) is 1.53. The maximum atomic E-state index is 9.17. The Hall–Kier alpha value is -10.4. The number of anilines is 4. The van der Waals surface area contributed by atoms with Crippen LogP contribution in [0.15, 0.2) is 285 Å². The predicted molar refractivity (Wildman–Crippen MR) is 337 cm³/mol. The molecule has 0 saturated heterocycles. The molecule has 0 aliphatic rings. The van der Waals surface area contributed by atoms with Crippen molar-refractivity contribution in [2.75, 3.05) is 10.6 Å². The van der Waals surface area contributed by atoms with Gasteiger partial charge in [0.1, 0.15) is 28.8 Å². The van der Waals surface area contributed by atoms with Gasteiger partial charge in [-0.25, -0.2) is 4.98 Å². The van der Waals surface area contributed by atoms with Gasteiger partial charge in [-0.05, 0) is 99.0 Å². The van der Waals surface area contributed by atoms with Gasteiger partial charge in [0.25, 0.3) is 0 Å². The summed E-state index contributed by atoms with van der Waals surface area (Å²) >= 11 is 0. The van der Waals surface area contributed by atoms with Crippen molar-refractivity contribution in [2.45, 2.75) is 26.2 Å². The third-order valence-corrected chi connectivity index (χ3v) is 13.6. The van der Waals surface area contributed by atoms with Crippen LogP contribution in [0.1, 0.15) is 53.7 Å². The zero-order valence-corrected chi connectivity index (χ0v) is 43.8. The van der Waals surface area contributed by atoms with Crippen molar-refractivity contribution < 1.29 is 36.9 Å². The Labute approximate surface area is 501 Å². The van der Waals surface area contributed by atoms with Crippen molar-refractivity contribution in [3.8, 4) is 84.5 Å². The molecule has 0 atom stereocenters. The van der Waals surface area contributed by atoms with Crippen molar-refractivity contribution in [1.29, 1.82) is 0 Å². The van der Waals surface area contributed by atoms with Gasteiger partial charge in [0.2, 0.25) is 0 Å². The highest BCUT2D eigenvalue weighted by atomic mass is 16.5. The topological polar surface area (TPSA) is 60.3 Å². The fourth-order valence-corrected chi connectivity index (χ4v) is 9.81. The molecule has 13 rings (SSSR count). The normalized spacial score (nSPS) is 14.9. The number of hydrogen-bond donors (Lipinski definition) is 2. The molecule has 2 aromatic heterocycles. The smallest absolute Gasteiger partial charge is 0.143 e. The van der Waals surface area contributed by atoms with E-state index in [0.29, 0.717) is 56.6 Å². The number of ether oxygens (including phenoxy) is 2. The number of nitrogens with zero attached hydrogens (tertiary/aromatic N) is 2. The first-order valence-corrected chi connectivity index (χ1v) is 25.9. The zero-order valence-electron chi connectivity index (χ0n) is 63.8. The lowest BCUT2D eigenvalue weighted by Gasteiger charge is -2.23. The molecule has 13 aromatic rings. The first kappa shape index (κ1) is 32.5. The van der Waals surface area contributed by atoms with Gasteiger partial charge in [-0.2, -0.15) is 0 Å². The molecular formula is C75H58N4O2. The molecule has 81 heavy (non-hydrogen) atoms. The number of aromatic nitrogens is 2. The van der Waals surface area contributed by atoms with Crippen molar-refractivity contribution in [2.24, 2.45) is 0 Å². The van der Waals surface area contributed by atoms with E-state index < -0.39 is 126 Å². The Kier molecular flexibility index (Phi) is 8.73. The lowest BCUT2D eigenvalue weighted by molar-refractivity contribution is 0.483. The molecule has 2 heterocycles. The lowest BCUT2D eigenvalue weighted by Crippen LogP contribution is -2.11. The number of pyridine rings is 1. The SMILES string of the molecule is [2H]c1c([2H])c([2H])c(-c2cc(-c3cccc(-c4c([2H])c([2H])c([2H])c([2H])c4[2H])c3Oc3ccnc(-n4c5ccccc5c5ccc(Oc6cccc(Nc7ccccc7Nc7c(-c8c([2H])c([2H])c([2H])c([2H])c8[2H])cccc7-c7c([2H])c([2H])c([2H])c([2H])c7[2H])c6)cc54)c3)cc(C(C)(C)C)c2)c([2H])c1[2H]. The summed E-state index contributed by atoms with van der Waals surface area (Å²) in [7, 11) is 0. The van der Waals surface area contributed by atoms with Crippen molar-refractivity contribution in [3.05, 3.63) is 290 Å². The highest BCUT2D eigenvalue weighted by Gasteiger charge is 2.22. The number of rotatable bonds is 14. The van der Waals surface area contributed by atoms with E-state index in [1.54, 1.807) is 97.2 Å². The Balaban J connectivity index is 0.879. The maximum Gasteiger partial charge on any atom is 0.143 e. The van der Waals surface area contributed by atoms with Gasteiger partial charge < -0.3 is 20.1 Å². The lowest BCUT2D eigenvalue weighted by atomic mass is 9.83. The van der Waals surface area contributed by atoms with E-state index in [-0.39, 0.29) is 56.1 Å². The molecule has 0 fully saturated rings. The highest BCUT2D eigenvalue weighted by Crippen LogP contribution is 2.46. The number of fused-ring (bicyclic) bond motifs is 3. The number of nitrogens with one attached hydrogen (secondary N) is 2. The third-order valence-electron chi connectivity index (χ3n) is 13.6. The van der Waals surface area contributed by atoms with Crippen LogP contribution in [0, 0.1) is 0 Å². The van der Waals surface area contributed by atoms with Gasteiger partial charge >= 0.3 is 0 Å². The molecule has 0 aliphatic heterocycles. The molecule has 0 saturated carbocycles. The van der Waals surface area contributed by atoms with Crippen molar-refractivity contribution in [3.63, 3.8) is 0 Å². The van der Waals surface area contributed by atoms with Crippen LogP contribution >= 0.6 is 0 Å². The third kappa shape index (κ3) is 10.4. The minimum absolute atomic E-state index is 0.0275. The predicted octanol–water partition coefficient (Wildman–Crippen LogP) is 20.9. The standard InChI is InChI=1S/C75H58N4O2/c1-75(2,3)57-46-55(51-23-8-4-9-24-51)45-56(47-57)65-37-22-36-64(54-29-14-7-15-30-54)74(65)81-61-43-44-76-72(50-61)79-70-40-19-16-33-66(70)67-42-41-60(49-71(67)79)80-59-32-20-31-58(48-59)77-68-38-17-18-39-69(68)78-73-62(52-25-10-5-11-26-52)34-21-35-63(73)53-27-12-6-13-28-53/h4-50,77-78H,1-3H3/i4D,5D,6D,7D,8D,9D,10D,11D,12D,13D,14D,15D,23D,24D,25D,26D,27D,28D,29D,30D. The Bertz CT molecular complexity index is 5430. The van der Waals surface area contributed by atoms with Crippen LogP contribution < -0.4 is 20.1 Å². The van der Waals surface area contributed by atoms with Crippen molar-refractivity contribution >= 4 is 44.6 Å². The van der Waals surface area contributed by atoms with Crippen molar-refractivity contribution in [1.82, 2.24) is 9.55 Å². The second-order valence-electron chi connectivity index (χ2n) is 19.9. The molecule has 0 unspecified atom stereocenters. The molecule has 0 bridgehead atoms. The van der Waals surface area contributed by atoms with E-state index in [2.05, 4.69) is 10.6 Å². The summed E-state index contributed by atoms with van der Waals surface area (Å²) in [5.41, 5.74) is 4.09. The summed E-state index contributed by atoms with van der Waals surface area (Å²) in [6, 6.07) is 35.1. The van der Waals surface area contributed by atoms with E-state index in [1.165, 1.54) is 18.2 Å². The largest absolute Gasteiger partial charge is 0.457 e. The van der Waals surface area contributed by atoms with Gasteiger partial charge in [0.05, 0.1) is 55.5 Å². The van der Waals surface area contributed by atoms with Crippen LogP contribution in [0.5, 0.6) is 23.0 Å². The molecule has 0 radical (unpaired) electrons. The van der Waals surface area contributed by atoms with Gasteiger partial charge in [-0.15, -0.1) is 0 Å². The van der Waals surface area contributed by atoms with E-state index in [1.807, 2.05) is 73.9 Å². The zero-order chi connectivity index (χ0) is 72.1. The molecule has 6 nitrogen and oxygen atoms in total. The van der Waals surface area contributed by atoms with Gasteiger partial charge in [0, 0.05) is 63.1 Å². The molecule has 6 heteroatoms. The van der Waals surface area contributed by atoms with Crippen LogP contribution in [-0.4, -0.2) is 9.55 Å². The van der Waals surface area contributed by atoms with E-state index in [9.17, 15) is 2.74 Å². The summed E-state index contributed by atoms with van der Waals surface area (Å²) in [5, 5.41) is 8.52. The highest BCUT2D eigenvalue weighted by molar-refractivity contribution is 6.09. The molecule has 0 spiro atoms. The summed E-state index contributed by atoms with van der Waals surface area (Å²) in [6.45, 7) is 5.92. The fraction of sp³-hybridized carbons (Fsp3) is 0.0533. The minimum Gasteiger partial charge on any atom is -0.457 e. The van der Waals surface area contributed by atoms with Crippen LogP contribution in [0.4, 0.5) is 22.7 Å². The number of hydrogen-bond acceptors (Lipinski definition) is 5. The average Bonchev–Trinajstić information content (AvgIpc) is 1.71. The van der Waals surface area contributed by atoms with Crippen LogP contribution in [0.25, 0.3) is 83.3 Å².